The van der Waals surface area contributed by atoms with E-state index in [0.717, 1.165) is 12.8 Å². The van der Waals surface area contributed by atoms with Crippen molar-refractivity contribution in [3.05, 3.63) is 0 Å². The van der Waals surface area contributed by atoms with Gasteiger partial charge < -0.3 is 5.73 Å². The number of hydrogen-bond donors (Lipinski definition) is 2. The molecule has 0 amide bonds. The fraction of sp³-hybridized carbons (Fsp3) is 1.00. The normalized spacial score (nSPS) is 15.3. The molecule has 0 aromatic carbocycles. The third kappa shape index (κ3) is 7.76. The van der Waals surface area contributed by atoms with Crippen molar-refractivity contribution in [2.45, 2.75) is 46.6 Å². The van der Waals surface area contributed by atoms with E-state index in [1.54, 1.807) is 0 Å². The van der Waals surface area contributed by atoms with Gasteiger partial charge in [-0.25, -0.2) is 13.1 Å². The first kappa shape index (κ1) is 14.9. The van der Waals surface area contributed by atoms with Crippen molar-refractivity contribution in [1.82, 2.24) is 4.72 Å². The van der Waals surface area contributed by atoms with Gasteiger partial charge in [-0.15, -0.1) is 0 Å². The van der Waals surface area contributed by atoms with E-state index in [1.165, 1.54) is 0 Å². The first-order valence-corrected chi connectivity index (χ1v) is 7.05. The van der Waals surface area contributed by atoms with E-state index in [0.29, 0.717) is 6.54 Å². The lowest BCUT2D eigenvalue weighted by molar-refractivity contribution is 0.451. The molecule has 1 atom stereocenters. The molecule has 0 aromatic heterocycles. The highest BCUT2D eigenvalue weighted by Gasteiger charge is 2.23. The quantitative estimate of drug-likeness (QED) is 0.725. The van der Waals surface area contributed by atoms with E-state index in [-0.39, 0.29) is 17.2 Å². The zero-order valence-electron chi connectivity index (χ0n) is 10.2. The van der Waals surface area contributed by atoms with E-state index in [4.69, 9.17) is 5.73 Å². The van der Waals surface area contributed by atoms with Gasteiger partial charge in [0.15, 0.2) is 0 Å². The Morgan fingerprint density at radius 1 is 1.33 bits per heavy atom. The Balaban J connectivity index is 4.36. The third-order valence-electron chi connectivity index (χ3n) is 1.89. The molecule has 15 heavy (non-hydrogen) atoms. The van der Waals surface area contributed by atoms with Gasteiger partial charge in [-0.2, -0.15) is 0 Å². The molecule has 0 aromatic rings. The Kier molecular flexibility index (Phi) is 5.77. The van der Waals surface area contributed by atoms with Gasteiger partial charge in [-0.3, -0.25) is 0 Å². The van der Waals surface area contributed by atoms with Crippen LogP contribution in [0.5, 0.6) is 0 Å². The lowest BCUT2D eigenvalue weighted by atomic mass is 10.0. The summed E-state index contributed by atoms with van der Waals surface area (Å²) in [7, 11) is -3.20. The summed E-state index contributed by atoms with van der Waals surface area (Å²) in [6.45, 7) is 8.09. The maximum absolute atomic E-state index is 11.7. The lowest BCUT2D eigenvalue weighted by Crippen LogP contribution is -2.43. The van der Waals surface area contributed by atoms with Crippen LogP contribution < -0.4 is 10.5 Å². The van der Waals surface area contributed by atoms with Crippen molar-refractivity contribution in [3.63, 3.8) is 0 Å². The molecule has 0 aliphatic rings. The van der Waals surface area contributed by atoms with Crippen molar-refractivity contribution in [3.8, 4) is 0 Å². The summed E-state index contributed by atoms with van der Waals surface area (Å²) in [5, 5.41) is 0. The topological polar surface area (TPSA) is 72.2 Å². The number of hydrogen-bond acceptors (Lipinski definition) is 3. The summed E-state index contributed by atoms with van der Waals surface area (Å²) in [5.74, 6) is 0.139. The Morgan fingerprint density at radius 2 is 1.87 bits per heavy atom. The van der Waals surface area contributed by atoms with Crippen molar-refractivity contribution >= 4 is 10.0 Å². The van der Waals surface area contributed by atoms with Crippen molar-refractivity contribution in [2.75, 3.05) is 12.3 Å². The molecule has 5 heteroatoms. The Morgan fingerprint density at radius 3 is 2.20 bits per heavy atom. The molecule has 0 aliphatic carbocycles. The largest absolute Gasteiger partial charge is 0.329 e. The predicted molar refractivity (Wildman–Crippen MR) is 64.1 cm³/mol. The minimum Gasteiger partial charge on any atom is -0.329 e. The van der Waals surface area contributed by atoms with Crippen molar-refractivity contribution in [2.24, 2.45) is 11.1 Å². The van der Waals surface area contributed by atoms with Crippen LogP contribution >= 0.6 is 0 Å². The minimum absolute atomic E-state index is 0.123. The molecule has 0 aliphatic heterocycles. The number of sulfonamides is 1. The van der Waals surface area contributed by atoms with E-state index < -0.39 is 10.0 Å². The third-order valence-corrected chi connectivity index (χ3v) is 3.83. The first-order valence-electron chi connectivity index (χ1n) is 5.40. The monoisotopic (exact) mass is 236 g/mol. The summed E-state index contributed by atoms with van der Waals surface area (Å²) in [6, 6.07) is -0.123. The van der Waals surface area contributed by atoms with Crippen LogP contribution in [-0.4, -0.2) is 26.8 Å². The lowest BCUT2D eigenvalue weighted by Gasteiger charge is -2.21. The van der Waals surface area contributed by atoms with E-state index in [1.807, 2.05) is 27.7 Å². The number of nitrogens with one attached hydrogen (secondary N) is 1. The van der Waals surface area contributed by atoms with Gasteiger partial charge >= 0.3 is 0 Å². The smallest absolute Gasteiger partial charge is 0.212 e. The second kappa shape index (κ2) is 5.82. The molecule has 1 unspecified atom stereocenters. The first-order chi connectivity index (χ1) is 6.70. The van der Waals surface area contributed by atoms with Gasteiger partial charge in [-0.05, 0) is 11.8 Å². The zero-order valence-corrected chi connectivity index (χ0v) is 11.0. The molecule has 0 bridgehead atoms. The standard InChI is InChI=1S/C10H24N2O2S/c1-5-6-9(7-11)12-15(13,14)8-10(2,3)4/h9,12H,5-8,11H2,1-4H3. The second-order valence-corrected chi connectivity index (χ2v) is 6.91. The molecule has 0 saturated heterocycles. The van der Waals surface area contributed by atoms with Gasteiger partial charge in [0.05, 0.1) is 5.75 Å². The van der Waals surface area contributed by atoms with Crippen molar-refractivity contribution < 1.29 is 8.42 Å². The summed E-state index contributed by atoms with van der Waals surface area (Å²) in [6.07, 6.45) is 1.72. The van der Waals surface area contributed by atoms with Crippen LogP contribution in [-0.2, 0) is 10.0 Å². The maximum atomic E-state index is 11.7. The van der Waals surface area contributed by atoms with Crippen LogP contribution in [0.1, 0.15) is 40.5 Å². The van der Waals surface area contributed by atoms with E-state index >= 15 is 0 Å². The van der Waals surface area contributed by atoms with Gasteiger partial charge in [0.1, 0.15) is 0 Å². The summed E-state index contributed by atoms with van der Waals surface area (Å²) in [5.41, 5.74) is 5.28. The highest BCUT2D eigenvalue weighted by atomic mass is 32.2. The minimum atomic E-state index is -3.20. The molecule has 3 N–H and O–H groups in total. The Hall–Kier alpha value is -0.130. The Bertz CT molecular complexity index is 268. The van der Waals surface area contributed by atoms with Gasteiger partial charge in [0, 0.05) is 12.6 Å². The molecule has 0 fully saturated rings. The van der Waals surface area contributed by atoms with Crippen LogP contribution in [0.2, 0.25) is 0 Å². The molecule has 4 nitrogen and oxygen atoms in total. The molecule has 0 rings (SSSR count). The summed E-state index contributed by atoms with van der Waals surface area (Å²) >= 11 is 0. The molecule has 0 spiro atoms. The zero-order chi connectivity index (χ0) is 12.1. The number of rotatable bonds is 6. The molecule has 0 heterocycles. The molecular formula is C10H24N2O2S. The van der Waals surface area contributed by atoms with Gasteiger partial charge in [-0.1, -0.05) is 34.1 Å². The average Bonchev–Trinajstić information content (AvgIpc) is 1.98. The molecule has 92 valence electrons. The fourth-order valence-corrected chi connectivity index (χ4v) is 3.38. The molecule has 0 radical (unpaired) electrons. The average molecular weight is 236 g/mol. The van der Waals surface area contributed by atoms with Gasteiger partial charge in [0.2, 0.25) is 10.0 Å². The summed E-state index contributed by atoms with van der Waals surface area (Å²) < 4.78 is 26.1. The molecule has 0 saturated carbocycles. The van der Waals surface area contributed by atoms with Gasteiger partial charge in [0.25, 0.3) is 0 Å². The highest BCUT2D eigenvalue weighted by Crippen LogP contribution is 2.15. The number of nitrogens with two attached hydrogens (primary N) is 1. The van der Waals surface area contributed by atoms with Crippen molar-refractivity contribution in [1.29, 1.82) is 0 Å². The fourth-order valence-electron chi connectivity index (χ4n) is 1.44. The van der Waals surface area contributed by atoms with Crippen LogP contribution in [0, 0.1) is 5.41 Å². The highest BCUT2D eigenvalue weighted by molar-refractivity contribution is 7.89. The SMILES string of the molecule is CCCC(CN)NS(=O)(=O)CC(C)(C)C. The second-order valence-electron chi connectivity index (χ2n) is 5.16. The van der Waals surface area contributed by atoms with Crippen LogP contribution in [0.4, 0.5) is 0 Å². The van der Waals surface area contributed by atoms with Crippen LogP contribution in [0.3, 0.4) is 0 Å². The maximum Gasteiger partial charge on any atom is 0.212 e. The van der Waals surface area contributed by atoms with E-state index in [2.05, 4.69) is 4.72 Å². The Labute approximate surface area is 93.7 Å². The summed E-state index contributed by atoms with van der Waals surface area (Å²) in [4.78, 5) is 0. The van der Waals surface area contributed by atoms with E-state index in [9.17, 15) is 8.42 Å². The predicted octanol–water partition coefficient (Wildman–Crippen LogP) is 1.08. The van der Waals surface area contributed by atoms with Crippen LogP contribution in [0.25, 0.3) is 0 Å². The molecular weight excluding hydrogens is 212 g/mol. The van der Waals surface area contributed by atoms with Crippen LogP contribution in [0.15, 0.2) is 0 Å².